The molecule has 1 atom stereocenters. The first-order valence-electron chi connectivity index (χ1n) is 8.59. The van der Waals surface area contributed by atoms with E-state index in [-0.39, 0.29) is 0 Å². The summed E-state index contributed by atoms with van der Waals surface area (Å²) in [6, 6.07) is 13.6. The van der Waals surface area contributed by atoms with Crippen LogP contribution in [0.3, 0.4) is 0 Å². The summed E-state index contributed by atoms with van der Waals surface area (Å²) in [5.41, 5.74) is 2.79. The summed E-state index contributed by atoms with van der Waals surface area (Å²) >= 11 is 12.1. The van der Waals surface area contributed by atoms with Crippen LogP contribution in [-0.2, 0) is 0 Å². The third-order valence-corrected chi connectivity index (χ3v) is 5.29. The molecule has 4 rings (SSSR count). The van der Waals surface area contributed by atoms with Crippen molar-refractivity contribution >= 4 is 29.0 Å². The molecule has 3 heterocycles. The summed E-state index contributed by atoms with van der Waals surface area (Å²) in [6.45, 7) is 1.88. The third-order valence-electron chi connectivity index (χ3n) is 4.60. The van der Waals surface area contributed by atoms with Gasteiger partial charge in [0.1, 0.15) is 5.82 Å². The Morgan fingerprint density at radius 3 is 2.62 bits per heavy atom. The van der Waals surface area contributed by atoms with E-state index < -0.39 is 0 Å². The fraction of sp³-hybridized carbons (Fsp3) is 0.250. The number of aromatic nitrogens is 3. The van der Waals surface area contributed by atoms with Crippen molar-refractivity contribution in [2.75, 3.05) is 23.9 Å². The number of nitrogens with zero attached hydrogens (tertiary/aromatic N) is 4. The molecule has 26 heavy (non-hydrogen) atoms. The highest BCUT2D eigenvalue weighted by molar-refractivity contribution is 6.30. The SMILES string of the molecule is ClC[C@@H]1CCN(c2cc(-c3ccc(Cl)cc3)nc(-c3cccnc3)n2)C1. The van der Waals surface area contributed by atoms with Gasteiger partial charge in [-0.3, -0.25) is 4.98 Å². The number of halogens is 2. The number of hydrogen-bond acceptors (Lipinski definition) is 4. The number of benzene rings is 1. The molecule has 1 saturated heterocycles. The molecule has 0 unspecified atom stereocenters. The lowest BCUT2D eigenvalue weighted by Crippen LogP contribution is -2.21. The monoisotopic (exact) mass is 384 g/mol. The van der Waals surface area contributed by atoms with Gasteiger partial charge in [-0.15, -0.1) is 11.6 Å². The molecule has 0 aliphatic carbocycles. The van der Waals surface area contributed by atoms with E-state index in [1.807, 2.05) is 42.5 Å². The van der Waals surface area contributed by atoms with E-state index in [2.05, 4.69) is 9.88 Å². The van der Waals surface area contributed by atoms with Crippen LogP contribution >= 0.6 is 23.2 Å². The molecule has 4 nitrogen and oxygen atoms in total. The van der Waals surface area contributed by atoms with Gasteiger partial charge in [-0.25, -0.2) is 9.97 Å². The fourth-order valence-electron chi connectivity index (χ4n) is 3.16. The second kappa shape index (κ2) is 7.60. The van der Waals surface area contributed by atoms with Gasteiger partial charge in [0.2, 0.25) is 0 Å². The second-order valence-corrected chi connectivity index (χ2v) is 7.18. The number of hydrogen-bond donors (Lipinski definition) is 0. The molecular weight excluding hydrogens is 367 g/mol. The quantitative estimate of drug-likeness (QED) is 0.598. The van der Waals surface area contributed by atoms with E-state index in [0.717, 1.165) is 42.1 Å². The molecule has 2 aromatic heterocycles. The van der Waals surface area contributed by atoms with Gasteiger partial charge in [-0.1, -0.05) is 23.7 Å². The number of alkyl halides is 1. The topological polar surface area (TPSA) is 41.9 Å². The van der Waals surface area contributed by atoms with E-state index in [9.17, 15) is 0 Å². The van der Waals surface area contributed by atoms with Gasteiger partial charge >= 0.3 is 0 Å². The predicted molar refractivity (Wildman–Crippen MR) is 107 cm³/mol. The van der Waals surface area contributed by atoms with Crippen LogP contribution in [0.4, 0.5) is 5.82 Å². The molecule has 0 radical (unpaired) electrons. The molecule has 132 valence electrons. The molecule has 0 N–H and O–H groups in total. The van der Waals surface area contributed by atoms with Crippen LogP contribution in [0.15, 0.2) is 54.9 Å². The molecule has 0 spiro atoms. The van der Waals surface area contributed by atoms with Gasteiger partial charge in [0.05, 0.1) is 5.69 Å². The van der Waals surface area contributed by atoms with Crippen molar-refractivity contribution in [1.82, 2.24) is 15.0 Å². The molecule has 0 amide bonds. The lowest BCUT2D eigenvalue weighted by molar-refractivity contribution is 0.666. The maximum atomic E-state index is 6.05. The van der Waals surface area contributed by atoms with E-state index in [4.69, 9.17) is 33.2 Å². The summed E-state index contributed by atoms with van der Waals surface area (Å²) in [5.74, 6) is 2.79. The summed E-state index contributed by atoms with van der Waals surface area (Å²) in [7, 11) is 0. The van der Waals surface area contributed by atoms with Gasteiger partial charge in [-0.05, 0) is 36.6 Å². The Morgan fingerprint density at radius 2 is 1.92 bits per heavy atom. The van der Waals surface area contributed by atoms with Gasteiger partial charge in [-0.2, -0.15) is 0 Å². The molecule has 6 heteroatoms. The van der Waals surface area contributed by atoms with Crippen molar-refractivity contribution in [2.45, 2.75) is 6.42 Å². The van der Waals surface area contributed by atoms with Crippen LogP contribution in [0.1, 0.15) is 6.42 Å². The lowest BCUT2D eigenvalue weighted by atomic mass is 10.1. The highest BCUT2D eigenvalue weighted by Gasteiger charge is 2.24. The van der Waals surface area contributed by atoms with Crippen molar-refractivity contribution in [3.05, 3.63) is 59.9 Å². The van der Waals surface area contributed by atoms with Gasteiger partial charge in [0.25, 0.3) is 0 Å². The van der Waals surface area contributed by atoms with Crippen LogP contribution in [0.25, 0.3) is 22.6 Å². The summed E-state index contributed by atoms with van der Waals surface area (Å²) in [6.07, 6.45) is 4.63. The van der Waals surface area contributed by atoms with Gasteiger partial charge in [0, 0.05) is 53.6 Å². The highest BCUT2D eigenvalue weighted by Crippen LogP contribution is 2.29. The molecule has 1 aliphatic rings. The van der Waals surface area contributed by atoms with Crippen LogP contribution in [0, 0.1) is 5.92 Å². The van der Waals surface area contributed by atoms with Crippen LogP contribution in [0.2, 0.25) is 5.02 Å². The fourth-order valence-corrected chi connectivity index (χ4v) is 3.53. The first-order chi connectivity index (χ1) is 12.7. The van der Waals surface area contributed by atoms with Gasteiger partial charge < -0.3 is 4.90 Å². The smallest absolute Gasteiger partial charge is 0.163 e. The highest BCUT2D eigenvalue weighted by atomic mass is 35.5. The number of anilines is 1. The molecule has 3 aromatic rings. The van der Waals surface area contributed by atoms with E-state index >= 15 is 0 Å². The van der Waals surface area contributed by atoms with Crippen molar-refractivity contribution in [1.29, 1.82) is 0 Å². The number of rotatable bonds is 4. The van der Waals surface area contributed by atoms with Gasteiger partial charge in [0.15, 0.2) is 5.82 Å². The first-order valence-corrected chi connectivity index (χ1v) is 9.50. The summed E-state index contributed by atoms with van der Waals surface area (Å²) in [4.78, 5) is 16.1. The third kappa shape index (κ3) is 3.67. The predicted octanol–water partition coefficient (Wildman–Crippen LogP) is 4.92. The van der Waals surface area contributed by atoms with Crippen LogP contribution < -0.4 is 4.90 Å². The maximum absolute atomic E-state index is 6.05. The molecule has 1 aromatic carbocycles. The van der Waals surface area contributed by atoms with Crippen molar-refractivity contribution < 1.29 is 0 Å². The van der Waals surface area contributed by atoms with Crippen molar-refractivity contribution in [2.24, 2.45) is 5.92 Å². The zero-order chi connectivity index (χ0) is 17.9. The van der Waals surface area contributed by atoms with E-state index in [1.165, 1.54) is 0 Å². The maximum Gasteiger partial charge on any atom is 0.163 e. The number of pyridine rings is 1. The van der Waals surface area contributed by atoms with E-state index in [0.29, 0.717) is 22.6 Å². The second-order valence-electron chi connectivity index (χ2n) is 6.44. The minimum atomic E-state index is 0.507. The molecular formula is C20H18Cl2N4. The average molecular weight is 385 g/mol. The Morgan fingerprint density at radius 1 is 1.08 bits per heavy atom. The lowest BCUT2D eigenvalue weighted by Gasteiger charge is -2.19. The Labute approximate surface area is 162 Å². The zero-order valence-electron chi connectivity index (χ0n) is 14.1. The summed E-state index contributed by atoms with van der Waals surface area (Å²) < 4.78 is 0. The molecule has 1 aliphatic heterocycles. The Balaban J connectivity index is 1.78. The van der Waals surface area contributed by atoms with Crippen molar-refractivity contribution in [3.63, 3.8) is 0 Å². The molecule has 1 fully saturated rings. The Kier molecular flexibility index (Phi) is 5.05. The Hall–Kier alpha value is -2.17. The van der Waals surface area contributed by atoms with Crippen LogP contribution in [0.5, 0.6) is 0 Å². The summed E-state index contributed by atoms with van der Waals surface area (Å²) in [5, 5.41) is 0.708. The standard InChI is InChI=1S/C20H18Cl2N4/c21-11-14-7-9-26(13-14)19-10-18(15-3-5-17(22)6-4-15)24-20(25-19)16-2-1-8-23-12-16/h1-6,8,10,12,14H,7,9,11,13H2/t14-/m0/s1. The zero-order valence-corrected chi connectivity index (χ0v) is 15.7. The van der Waals surface area contributed by atoms with E-state index in [1.54, 1.807) is 12.4 Å². The average Bonchev–Trinajstić information content (AvgIpc) is 3.18. The minimum absolute atomic E-state index is 0.507. The largest absolute Gasteiger partial charge is 0.356 e. The van der Waals surface area contributed by atoms with Crippen molar-refractivity contribution in [3.8, 4) is 22.6 Å². The molecule has 0 bridgehead atoms. The Bertz CT molecular complexity index is 884. The molecule has 0 saturated carbocycles. The van der Waals surface area contributed by atoms with Crippen LogP contribution in [-0.4, -0.2) is 33.9 Å². The normalized spacial score (nSPS) is 16.8. The first kappa shape index (κ1) is 17.3. The minimum Gasteiger partial charge on any atom is -0.356 e.